The number of hydrogen-bond acceptors (Lipinski definition) is 4. The van der Waals surface area contributed by atoms with Crippen molar-refractivity contribution in [3.8, 4) is 0 Å². The van der Waals surface area contributed by atoms with Gasteiger partial charge in [0.05, 0.1) is 5.92 Å². The standard InChI is InChI=1S/C13H17ClN2O.C13H19ClN2/c14-12-5-3-10(4-6-12)8-16-7-1-2-11(9-16)13(15)17;14-13-5-3-11(4-6-13)9-16-7-1-2-12(8-15)10-16/h3-6,11H,1-2,7-9H2,(H2,15,17);3-6,12H,1-2,7-10,15H2. The summed E-state index contributed by atoms with van der Waals surface area (Å²) in [6, 6.07) is 16.0. The second kappa shape index (κ2) is 13.3. The molecule has 2 aromatic rings. The number of carbonyl (C=O) groups excluding carboxylic acids is 1. The first-order chi connectivity index (χ1) is 15.9. The first-order valence-corrected chi connectivity index (χ1v) is 12.6. The molecule has 180 valence electrons. The van der Waals surface area contributed by atoms with Gasteiger partial charge in [-0.05, 0) is 86.6 Å². The van der Waals surface area contributed by atoms with Crippen LogP contribution in [0, 0.1) is 11.8 Å². The van der Waals surface area contributed by atoms with Crippen molar-refractivity contribution >= 4 is 29.1 Å². The van der Waals surface area contributed by atoms with Crippen LogP contribution in [0.1, 0.15) is 36.8 Å². The average molecular weight is 492 g/mol. The van der Waals surface area contributed by atoms with Gasteiger partial charge in [-0.2, -0.15) is 0 Å². The number of nitrogens with zero attached hydrogens (tertiary/aromatic N) is 2. The van der Waals surface area contributed by atoms with Crippen molar-refractivity contribution in [2.24, 2.45) is 23.3 Å². The van der Waals surface area contributed by atoms with Crippen molar-refractivity contribution in [2.45, 2.75) is 38.8 Å². The summed E-state index contributed by atoms with van der Waals surface area (Å²) in [4.78, 5) is 15.9. The van der Waals surface area contributed by atoms with Crippen molar-refractivity contribution in [1.82, 2.24) is 9.80 Å². The minimum absolute atomic E-state index is 0.0102. The van der Waals surface area contributed by atoms with E-state index in [1.54, 1.807) is 0 Å². The number of primary amides is 1. The molecule has 0 radical (unpaired) electrons. The molecule has 2 aliphatic rings. The van der Waals surface area contributed by atoms with E-state index in [1.165, 1.54) is 30.5 Å². The van der Waals surface area contributed by atoms with Gasteiger partial charge in [-0.1, -0.05) is 47.5 Å². The Balaban J connectivity index is 0.000000186. The van der Waals surface area contributed by atoms with Crippen LogP contribution in [0.3, 0.4) is 0 Å². The van der Waals surface area contributed by atoms with E-state index < -0.39 is 0 Å². The predicted molar refractivity (Wildman–Crippen MR) is 137 cm³/mol. The molecule has 2 atom stereocenters. The van der Waals surface area contributed by atoms with Crippen LogP contribution in [-0.2, 0) is 17.9 Å². The van der Waals surface area contributed by atoms with Crippen LogP contribution >= 0.6 is 23.2 Å². The van der Waals surface area contributed by atoms with E-state index in [-0.39, 0.29) is 11.8 Å². The Labute approximate surface area is 208 Å². The second-order valence-electron chi connectivity index (χ2n) is 9.21. The zero-order valence-electron chi connectivity index (χ0n) is 19.3. The zero-order valence-corrected chi connectivity index (χ0v) is 20.8. The number of nitrogens with two attached hydrogens (primary N) is 2. The molecule has 0 spiro atoms. The highest BCUT2D eigenvalue weighted by atomic mass is 35.5. The van der Waals surface area contributed by atoms with Gasteiger partial charge >= 0.3 is 0 Å². The van der Waals surface area contributed by atoms with E-state index in [0.717, 1.165) is 62.2 Å². The van der Waals surface area contributed by atoms with Crippen molar-refractivity contribution < 1.29 is 4.79 Å². The van der Waals surface area contributed by atoms with E-state index >= 15 is 0 Å². The molecule has 7 heteroatoms. The summed E-state index contributed by atoms with van der Waals surface area (Å²) >= 11 is 11.7. The van der Waals surface area contributed by atoms with Gasteiger partial charge in [0.2, 0.25) is 5.91 Å². The number of benzene rings is 2. The zero-order chi connectivity index (χ0) is 23.6. The van der Waals surface area contributed by atoms with Crippen molar-refractivity contribution in [2.75, 3.05) is 32.7 Å². The molecule has 4 N–H and O–H groups in total. The molecule has 2 aromatic carbocycles. The van der Waals surface area contributed by atoms with Gasteiger partial charge in [0.25, 0.3) is 0 Å². The molecule has 0 saturated carbocycles. The molecular formula is C26H36Cl2N4O. The lowest BCUT2D eigenvalue weighted by Gasteiger charge is -2.32. The first-order valence-electron chi connectivity index (χ1n) is 11.9. The number of halogens is 2. The van der Waals surface area contributed by atoms with Gasteiger partial charge in [0.1, 0.15) is 0 Å². The average Bonchev–Trinajstić information content (AvgIpc) is 2.83. The summed E-state index contributed by atoms with van der Waals surface area (Å²) in [5.41, 5.74) is 13.7. The smallest absolute Gasteiger partial charge is 0.221 e. The molecular weight excluding hydrogens is 455 g/mol. The molecule has 2 fully saturated rings. The van der Waals surface area contributed by atoms with Gasteiger partial charge < -0.3 is 11.5 Å². The van der Waals surface area contributed by atoms with Crippen LogP contribution in [-0.4, -0.2) is 48.4 Å². The Morgan fingerprint density at radius 1 is 0.818 bits per heavy atom. The van der Waals surface area contributed by atoms with Crippen molar-refractivity contribution in [3.63, 3.8) is 0 Å². The maximum Gasteiger partial charge on any atom is 0.221 e. The normalized spacial score (nSPS) is 21.8. The molecule has 2 heterocycles. The fourth-order valence-electron chi connectivity index (χ4n) is 4.61. The third kappa shape index (κ3) is 8.91. The number of carbonyl (C=O) groups is 1. The fraction of sp³-hybridized carbons (Fsp3) is 0.500. The van der Waals surface area contributed by atoms with Crippen molar-refractivity contribution in [3.05, 3.63) is 69.7 Å². The Bertz CT molecular complexity index is 860. The Morgan fingerprint density at radius 3 is 1.79 bits per heavy atom. The summed E-state index contributed by atoms with van der Waals surface area (Å²) in [6.07, 6.45) is 4.52. The number of rotatable bonds is 6. The van der Waals surface area contributed by atoms with E-state index in [1.807, 2.05) is 36.4 Å². The van der Waals surface area contributed by atoms with E-state index in [4.69, 9.17) is 34.7 Å². The molecule has 0 bridgehead atoms. The Hall–Kier alpha value is -1.63. The minimum Gasteiger partial charge on any atom is -0.369 e. The van der Waals surface area contributed by atoms with Crippen LogP contribution in [0.15, 0.2) is 48.5 Å². The summed E-state index contributed by atoms with van der Waals surface area (Å²) in [5.74, 6) is 0.517. The lowest BCUT2D eigenvalue weighted by Crippen LogP contribution is -2.40. The van der Waals surface area contributed by atoms with Crippen molar-refractivity contribution in [1.29, 1.82) is 0 Å². The summed E-state index contributed by atoms with van der Waals surface area (Å²) < 4.78 is 0. The Morgan fingerprint density at radius 2 is 1.30 bits per heavy atom. The lowest BCUT2D eigenvalue weighted by atomic mass is 9.97. The third-order valence-corrected chi connectivity index (χ3v) is 6.99. The Kier molecular flexibility index (Phi) is 10.5. The fourth-order valence-corrected chi connectivity index (χ4v) is 4.87. The quantitative estimate of drug-likeness (QED) is 0.622. The maximum absolute atomic E-state index is 11.2. The lowest BCUT2D eigenvalue weighted by molar-refractivity contribution is -0.123. The van der Waals surface area contributed by atoms with Crippen LogP contribution in [0.2, 0.25) is 10.0 Å². The summed E-state index contributed by atoms with van der Waals surface area (Å²) in [5, 5.41) is 1.56. The van der Waals surface area contributed by atoms with Crippen LogP contribution in [0.4, 0.5) is 0 Å². The van der Waals surface area contributed by atoms with Gasteiger partial charge in [-0.25, -0.2) is 0 Å². The molecule has 33 heavy (non-hydrogen) atoms. The first kappa shape index (κ1) is 26.0. The van der Waals surface area contributed by atoms with E-state index in [9.17, 15) is 4.79 Å². The van der Waals surface area contributed by atoms with E-state index in [2.05, 4.69) is 21.9 Å². The highest BCUT2D eigenvalue weighted by Crippen LogP contribution is 2.20. The molecule has 2 unspecified atom stereocenters. The third-order valence-electron chi connectivity index (χ3n) is 6.48. The van der Waals surface area contributed by atoms with Crippen LogP contribution in [0.5, 0.6) is 0 Å². The monoisotopic (exact) mass is 490 g/mol. The number of likely N-dealkylation sites (tertiary alicyclic amines) is 2. The maximum atomic E-state index is 11.2. The topological polar surface area (TPSA) is 75.6 Å². The van der Waals surface area contributed by atoms with Gasteiger partial charge in [0.15, 0.2) is 0 Å². The largest absolute Gasteiger partial charge is 0.369 e. The molecule has 4 rings (SSSR count). The SMILES string of the molecule is NC(=O)C1CCCN(Cc2ccc(Cl)cc2)C1.NCC1CCCN(Cc2ccc(Cl)cc2)C1. The molecule has 2 aliphatic heterocycles. The van der Waals surface area contributed by atoms with Crippen LogP contribution in [0.25, 0.3) is 0 Å². The van der Waals surface area contributed by atoms with Gasteiger partial charge in [0, 0.05) is 36.2 Å². The molecule has 1 amide bonds. The van der Waals surface area contributed by atoms with Gasteiger partial charge in [-0.15, -0.1) is 0 Å². The number of hydrogen-bond donors (Lipinski definition) is 2. The second-order valence-corrected chi connectivity index (χ2v) is 10.1. The molecule has 0 aliphatic carbocycles. The highest BCUT2D eigenvalue weighted by molar-refractivity contribution is 6.30. The summed E-state index contributed by atoms with van der Waals surface area (Å²) in [6.45, 7) is 6.84. The molecule has 2 saturated heterocycles. The molecule has 5 nitrogen and oxygen atoms in total. The predicted octanol–water partition coefficient (Wildman–Crippen LogP) is 4.55. The minimum atomic E-state index is -0.175. The summed E-state index contributed by atoms with van der Waals surface area (Å²) in [7, 11) is 0. The molecule has 0 aromatic heterocycles. The van der Waals surface area contributed by atoms with E-state index in [0.29, 0.717) is 5.92 Å². The van der Waals surface area contributed by atoms with Gasteiger partial charge in [-0.3, -0.25) is 14.6 Å². The number of piperidine rings is 2. The highest BCUT2D eigenvalue weighted by Gasteiger charge is 2.23. The van der Waals surface area contributed by atoms with Crippen LogP contribution < -0.4 is 11.5 Å². The number of amides is 1.